The van der Waals surface area contributed by atoms with Crippen molar-refractivity contribution in [3.63, 3.8) is 0 Å². The number of carbonyl (C=O) groups excluding carboxylic acids is 3. The summed E-state index contributed by atoms with van der Waals surface area (Å²) in [6.45, 7) is 1.69. The number of hydrazine groups is 1. The number of nitro groups is 1. The van der Waals surface area contributed by atoms with Crippen LogP contribution in [0.2, 0.25) is 0 Å². The lowest BCUT2D eigenvalue weighted by Crippen LogP contribution is -2.42. The van der Waals surface area contributed by atoms with Crippen LogP contribution in [-0.2, 0) is 17.6 Å². The minimum absolute atomic E-state index is 0.0203. The number of carbonyl (C=O) groups is 3. The van der Waals surface area contributed by atoms with Crippen LogP contribution in [0.25, 0.3) is 0 Å². The molecule has 0 fully saturated rings. The first kappa shape index (κ1) is 24.3. The SMILES string of the molecule is Cc1c(C(=O)NNC(=O)c2ccccc2[N+](=O)[O-])oc2c1/C(=N/NC(=O)Cc1ccccc1)CCC2. The van der Waals surface area contributed by atoms with Crippen molar-refractivity contribution in [2.24, 2.45) is 5.10 Å². The molecular formula is C25H23N5O6. The molecular weight excluding hydrogens is 466 g/mol. The highest BCUT2D eigenvalue weighted by atomic mass is 16.6. The highest BCUT2D eigenvalue weighted by molar-refractivity contribution is 6.07. The van der Waals surface area contributed by atoms with E-state index in [-0.39, 0.29) is 29.3 Å². The number of fused-ring (bicyclic) bond motifs is 1. The minimum Gasteiger partial charge on any atom is -0.455 e. The standard InChI is InChI=1S/C25H23N5O6/c1-15-22-18(26-27-21(31)14-16-8-3-2-4-9-16)11-7-13-20(22)36-23(15)25(33)29-28-24(32)17-10-5-6-12-19(17)30(34)35/h2-6,8-10,12H,7,11,13-14H2,1H3,(H,27,31)(H,28,32)(H,29,33)/b26-18+. The molecule has 0 unspecified atom stereocenters. The molecule has 3 amide bonds. The van der Waals surface area contributed by atoms with Crippen molar-refractivity contribution < 1.29 is 23.7 Å². The summed E-state index contributed by atoms with van der Waals surface area (Å²) in [6, 6.07) is 14.7. The Balaban J connectivity index is 1.45. The number of nitrogens with zero attached hydrogens (tertiary/aromatic N) is 2. The van der Waals surface area contributed by atoms with Crippen LogP contribution in [0.15, 0.2) is 64.1 Å². The number of aryl methyl sites for hydroxylation is 1. The number of nitrogens with one attached hydrogen (secondary N) is 3. The molecule has 0 spiro atoms. The third kappa shape index (κ3) is 5.30. The summed E-state index contributed by atoms with van der Waals surface area (Å²) in [5.41, 5.74) is 9.04. The molecule has 11 heteroatoms. The van der Waals surface area contributed by atoms with Crippen LogP contribution in [0, 0.1) is 17.0 Å². The number of benzene rings is 2. The molecule has 0 atom stereocenters. The summed E-state index contributed by atoms with van der Waals surface area (Å²) in [4.78, 5) is 47.9. The zero-order chi connectivity index (χ0) is 25.7. The second kappa shape index (κ2) is 10.6. The van der Waals surface area contributed by atoms with Gasteiger partial charge in [-0.1, -0.05) is 42.5 Å². The van der Waals surface area contributed by atoms with Gasteiger partial charge < -0.3 is 4.42 Å². The Hall–Kier alpha value is -4.80. The number of amides is 3. The van der Waals surface area contributed by atoms with E-state index in [4.69, 9.17) is 4.42 Å². The zero-order valence-electron chi connectivity index (χ0n) is 19.4. The van der Waals surface area contributed by atoms with Gasteiger partial charge in [0, 0.05) is 23.6 Å². The van der Waals surface area contributed by atoms with Crippen molar-refractivity contribution in [3.05, 3.63) is 98.5 Å². The van der Waals surface area contributed by atoms with E-state index in [1.54, 1.807) is 6.92 Å². The summed E-state index contributed by atoms with van der Waals surface area (Å²) >= 11 is 0. The molecule has 36 heavy (non-hydrogen) atoms. The van der Waals surface area contributed by atoms with E-state index in [9.17, 15) is 24.5 Å². The smallest absolute Gasteiger partial charge is 0.305 e. The molecule has 3 aromatic rings. The first-order chi connectivity index (χ1) is 17.3. The molecule has 0 saturated heterocycles. The summed E-state index contributed by atoms with van der Waals surface area (Å²) in [5.74, 6) is -1.29. The van der Waals surface area contributed by atoms with Gasteiger partial charge in [0.05, 0.1) is 17.1 Å². The van der Waals surface area contributed by atoms with Crippen molar-refractivity contribution in [2.45, 2.75) is 32.6 Å². The van der Waals surface area contributed by atoms with Gasteiger partial charge in [-0.25, -0.2) is 5.43 Å². The number of hydrogen-bond donors (Lipinski definition) is 3. The molecule has 0 aliphatic heterocycles. The molecule has 11 nitrogen and oxygen atoms in total. The number of hydrogen-bond acceptors (Lipinski definition) is 7. The highest BCUT2D eigenvalue weighted by Gasteiger charge is 2.28. The molecule has 0 bridgehead atoms. The van der Waals surface area contributed by atoms with Crippen LogP contribution < -0.4 is 16.3 Å². The summed E-state index contributed by atoms with van der Waals surface area (Å²) in [5, 5.41) is 15.4. The predicted octanol–water partition coefficient (Wildman–Crippen LogP) is 2.97. The molecule has 0 saturated carbocycles. The normalized spacial score (nSPS) is 13.5. The van der Waals surface area contributed by atoms with Crippen molar-refractivity contribution in [1.29, 1.82) is 0 Å². The first-order valence-corrected chi connectivity index (χ1v) is 11.2. The molecule has 1 aliphatic carbocycles. The third-order valence-electron chi connectivity index (χ3n) is 5.69. The lowest BCUT2D eigenvalue weighted by atomic mass is 9.93. The Morgan fingerprint density at radius 3 is 2.44 bits per heavy atom. The van der Waals surface area contributed by atoms with Crippen LogP contribution in [0.3, 0.4) is 0 Å². The molecule has 0 radical (unpaired) electrons. The van der Waals surface area contributed by atoms with Crippen molar-refractivity contribution >= 4 is 29.1 Å². The highest BCUT2D eigenvalue weighted by Crippen LogP contribution is 2.29. The van der Waals surface area contributed by atoms with Gasteiger partial charge in [-0.3, -0.25) is 35.3 Å². The lowest BCUT2D eigenvalue weighted by Gasteiger charge is -2.13. The van der Waals surface area contributed by atoms with Crippen LogP contribution >= 0.6 is 0 Å². The van der Waals surface area contributed by atoms with E-state index in [0.717, 1.165) is 12.0 Å². The Morgan fingerprint density at radius 1 is 1.00 bits per heavy atom. The fourth-order valence-corrected chi connectivity index (χ4v) is 4.01. The predicted molar refractivity (Wildman–Crippen MR) is 129 cm³/mol. The number of rotatable bonds is 6. The topological polar surface area (TPSA) is 156 Å². The van der Waals surface area contributed by atoms with Gasteiger partial charge in [0.25, 0.3) is 11.6 Å². The van der Waals surface area contributed by atoms with E-state index < -0.39 is 16.7 Å². The number of para-hydroxylation sites is 1. The van der Waals surface area contributed by atoms with E-state index in [0.29, 0.717) is 35.4 Å². The fraction of sp³-hybridized carbons (Fsp3) is 0.200. The van der Waals surface area contributed by atoms with Crippen LogP contribution in [0.4, 0.5) is 5.69 Å². The van der Waals surface area contributed by atoms with E-state index in [2.05, 4.69) is 21.4 Å². The average molecular weight is 489 g/mol. The van der Waals surface area contributed by atoms with Gasteiger partial charge in [0.15, 0.2) is 5.76 Å². The van der Waals surface area contributed by atoms with Gasteiger partial charge in [-0.05, 0) is 31.4 Å². The van der Waals surface area contributed by atoms with Gasteiger partial charge in [0.1, 0.15) is 11.3 Å². The van der Waals surface area contributed by atoms with E-state index >= 15 is 0 Å². The number of nitro benzene ring substituents is 1. The second-order valence-corrected chi connectivity index (χ2v) is 8.15. The fourth-order valence-electron chi connectivity index (χ4n) is 4.01. The maximum Gasteiger partial charge on any atom is 0.305 e. The molecule has 1 aliphatic rings. The van der Waals surface area contributed by atoms with Crippen LogP contribution in [-0.4, -0.2) is 28.4 Å². The molecule has 184 valence electrons. The Morgan fingerprint density at radius 2 is 1.69 bits per heavy atom. The zero-order valence-corrected chi connectivity index (χ0v) is 19.4. The second-order valence-electron chi connectivity index (χ2n) is 8.15. The van der Waals surface area contributed by atoms with Crippen LogP contribution in [0.1, 0.15) is 56.2 Å². The quantitative estimate of drug-likeness (QED) is 0.357. The Labute approximate surface area is 205 Å². The molecule has 3 N–H and O–H groups in total. The Kier molecular flexibility index (Phi) is 7.19. The number of furan rings is 1. The van der Waals surface area contributed by atoms with Crippen LogP contribution in [0.5, 0.6) is 0 Å². The van der Waals surface area contributed by atoms with Gasteiger partial charge in [-0.15, -0.1) is 0 Å². The minimum atomic E-state index is -0.840. The molecule has 1 aromatic heterocycles. The molecule has 1 heterocycles. The summed E-state index contributed by atoms with van der Waals surface area (Å²) in [6.07, 6.45) is 2.09. The Bertz CT molecular complexity index is 1360. The third-order valence-corrected chi connectivity index (χ3v) is 5.69. The summed E-state index contributed by atoms with van der Waals surface area (Å²) in [7, 11) is 0. The van der Waals surface area contributed by atoms with Gasteiger partial charge >= 0.3 is 5.91 Å². The average Bonchev–Trinajstić information content (AvgIpc) is 3.23. The monoisotopic (exact) mass is 489 g/mol. The lowest BCUT2D eigenvalue weighted by molar-refractivity contribution is -0.385. The van der Waals surface area contributed by atoms with Crippen molar-refractivity contribution in [1.82, 2.24) is 16.3 Å². The number of hydrazone groups is 1. The maximum atomic E-state index is 12.8. The van der Waals surface area contributed by atoms with Gasteiger partial charge in [0.2, 0.25) is 5.91 Å². The first-order valence-electron chi connectivity index (χ1n) is 11.2. The summed E-state index contributed by atoms with van der Waals surface area (Å²) < 4.78 is 5.77. The van der Waals surface area contributed by atoms with Crippen molar-refractivity contribution in [2.75, 3.05) is 0 Å². The maximum absolute atomic E-state index is 12.8. The largest absolute Gasteiger partial charge is 0.455 e. The van der Waals surface area contributed by atoms with E-state index in [1.165, 1.54) is 24.3 Å². The molecule has 4 rings (SSSR count). The van der Waals surface area contributed by atoms with Gasteiger partial charge in [-0.2, -0.15) is 5.10 Å². The molecule has 2 aromatic carbocycles. The van der Waals surface area contributed by atoms with E-state index in [1.807, 2.05) is 30.3 Å². The van der Waals surface area contributed by atoms with Crippen molar-refractivity contribution in [3.8, 4) is 0 Å².